The van der Waals surface area contributed by atoms with Crippen molar-refractivity contribution in [2.45, 2.75) is 37.8 Å². The Bertz CT molecular complexity index is 1020. The van der Waals surface area contributed by atoms with Gasteiger partial charge in [0.15, 0.2) is 9.84 Å². The largest absolute Gasteiger partial charge is 0.494 e. The zero-order valence-electron chi connectivity index (χ0n) is 15.9. The molecule has 0 unspecified atom stereocenters. The number of nitrogens with one attached hydrogen (secondary N) is 1. The maximum Gasteiger partial charge on any atom is 0.251 e. The number of hydrogen-bond donors (Lipinski definition) is 1. The van der Waals surface area contributed by atoms with E-state index in [1.807, 2.05) is 26.0 Å². The summed E-state index contributed by atoms with van der Waals surface area (Å²) in [5, 5.41) is 2.89. The number of carbonyl (C=O) groups excluding carboxylic acids is 1. The molecule has 0 radical (unpaired) electrons. The lowest BCUT2D eigenvalue weighted by molar-refractivity contribution is 0.0950. The van der Waals surface area contributed by atoms with E-state index in [1.165, 1.54) is 18.2 Å². The van der Waals surface area contributed by atoms with Crippen LogP contribution in [0.3, 0.4) is 0 Å². The first kappa shape index (κ1) is 20.5. The predicted octanol–water partition coefficient (Wildman–Crippen LogP) is 3.40. The van der Waals surface area contributed by atoms with Crippen LogP contribution in [0.4, 0.5) is 0 Å². The molecule has 2 aromatic rings. The van der Waals surface area contributed by atoms with Gasteiger partial charge in [-0.3, -0.25) is 4.79 Å². The molecule has 2 aromatic carbocycles. The Morgan fingerprint density at radius 3 is 2.75 bits per heavy atom. The summed E-state index contributed by atoms with van der Waals surface area (Å²) >= 11 is 5.94. The maximum atomic E-state index is 12.5. The van der Waals surface area contributed by atoms with Crippen LogP contribution in [-0.2, 0) is 22.8 Å². The molecule has 1 aliphatic heterocycles. The number of hydrogen-bond acceptors (Lipinski definition) is 5. The van der Waals surface area contributed by atoms with Gasteiger partial charge in [-0.25, -0.2) is 8.42 Å². The molecule has 1 atom stereocenters. The van der Waals surface area contributed by atoms with Gasteiger partial charge >= 0.3 is 0 Å². The summed E-state index contributed by atoms with van der Waals surface area (Å²) in [6, 6.07) is 8.01. The van der Waals surface area contributed by atoms with Crippen molar-refractivity contribution in [3.05, 3.63) is 52.0 Å². The summed E-state index contributed by atoms with van der Waals surface area (Å²) in [5.41, 5.74) is 2.09. The van der Waals surface area contributed by atoms with Crippen LogP contribution < -0.4 is 14.8 Å². The molecule has 0 aromatic heterocycles. The van der Waals surface area contributed by atoms with E-state index in [1.54, 1.807) is 0 Å². The van der Waals surface area contributed by atoms with Gasteiger partial charge in [-0.2, -0.15) is 0 Å². The molecule has 150 valence electrons. The quantitative estimate of drug-likeness (QED) is 0.770. The minimum atomic E-state index is -3.53. The third-order valence-electron chi connectivity index (χ3n) is 4.41. The molecule has 1 heterocycles. The van der Waals surface area contributed by atoms with Gasteiger partial charge in [0.25, 0.3) is 5.91 Å². The van der Waals surface area contributed by atoms with Crippen LogP contribution >= 0.6 is 11.6 Å². The van der Waals surface area contributed by atoms with Crippen molar-refractivity contribution in [2.75, 3.05) is 12.9 Å². The standard InChI is InChI=1S/C20H22ClNO5S/c1-4-26-17-8-14-7-12(2)27-18(14)9-15(17)11-22-20(23)13-5-6-16(21)19(10-13)28(3,24)25/h5-6,8-10,12H,4,7,11H2,1-3H3,(H,22,23)/t12-/m0/s1. The molecule has 6 nitrogen and oxygen atoms in total. The zero-order valence-corrected chi connectivity index (χ0v) is 17.5. The Labute approximate surface area is 169 Å². The first-order valence-corrected chi connectivity index (χ1v) is 11.2. The highest BCUT2D eigenvalue weighted by atomic mass is 35.5. The Morgan fingerprint density at radius 1 is 1.32 bits per heavy atom. The first-order chi connectivity index (χ1) is 13.2. The van der Waals surface area contributed by atoms with Crippen LogP contribution in [0.25, 0.3) is 0 Å². The van der Waals surface area contributed by atoms with E-state index in [9.17, 15) is 13.2 Å². The zero-order chi connectivity index (χ0) is 20.5. The molecule has 0 bridgehead atoms. The molecule has 28 heavy (non-hydrogen) atoms. The van der Waals surface area contributed by atoms with E-state index in [0.717, 1.165) is 29.6 Å². The van der Waals surface area contributed by atoms with Gasteiger partial charge in [-0.05, 0) is 44.2 Å². The summed E-state index contributed by atoms with van der Waals surface area (Å²) in [6.07, 6.45) is 1.98. The Hall–Kier alpha value is -2.25. The van der Waals surface area contributed by atoms with Crippen LogP contribution in [0.1, 0.15) is 35.3 Å². The smallest absolute Gasteiger partial charge is 0.251 e. The van der Waals surface area contributed by atoms with Gasteiger partial charge < -0.3 is 14.8 Å². The molecule has 0 aliphatic carbocycles. The van der Waals surface area contributed by atoms with E-state index < -0.39 is 15.7 Å². The molecule has 1 aliphatic rings. The molecule has 0 saturated heterocycles. The fourth-order valence-corrected chi connectivity index (χ4v) is 4.42. The summed E-state index contributed by atoms with van der Waals surface area (Å²) in [7, 11) is -3.53. The van der Waals surface area contributed by atoms with Gasteiger partial charge in [-0.1, -0.05) is 11.6 Å². The monoisotopic (exact) mass is 423 g/mol. The second-order valence-corrected chi connectivity index (χ2v) is 9.12. The van der Waals surface area contributed by atoms with Crippen LogP contribution in [0, 0.1) is 0 Å². The summed E-state index contributed by atoms with van der Waals surface area (Å²) < 4.78 is 35.1. The van der Waals surface area contributed by atoms with Gasteiger partial charge in [0.05, 0.1) is 16.5 Å². The van der Waals surface area contributed by atoms with E-state index in [0.29, 0.717) is 12.4 Å². The highest BCUT2D eigenvalue weighted by molar-refractivity contribution is 7.90. The molecular formula is C20H22ClNO5S. The number of ether oxygens (including phenoxy) is 2. The van der Waals surface area contributed by atoms with Crippen molar-refractivity contribution in [2.24, 2.45) is 0 Å². The second-order valence-electron chi connectivity index (χ2n) is 6.73. The van der Waals surface area contributed by atoms with Crippen molar-refractivity contribution >= 4 is 27.3 Å². The normalized spacial score (nSPS) is 15.6. The van der Waals surface area contributed by atoms with Crippen LogP contribution in [-0.4, -0.2) is 33.3 Å². The van der Waals surface area contributed by atoms with Crippen molar-refractivity contribution < 1.29 is 22.7 Å². The van der Waals surface area contributed by atoms with Gasteiger partial charge in [0, 0.05) is 35.9 Å². The molecule has 8 heteroatoms. The highest BCUT2D eigenvalue weighted by Gasteiger charge is 2.22. The third kappa shape index (κ3) is 4.42. The second kappa shape index (κ2) is 8.01. The highest BCUT2D eigenvalue weighted by Crippen LogP contribution is 2.35. The van der Waals surface area contributed by atoms with E-state index in [-0.39, 0.29) is 28.1 Å². The Kier molecular flexibility index (Phi) is 5.86. The molecule has 0 saturated carbocycles. The minimum Gasteiger partial charge on any atom is -0.494 e. The van der Waals surface area contributed by atoms with Crippen LogP contribution in [0.15, 0.2) is 35.2 Å². The lowest BCUT2D eigenvalue weighted by atomic mass is 10.1. The first-order valence-electron chi connectivity index (χ1n) is 8.92. The molecule has 0 fully saturated rings. The summed E-state index contributed by atoms with van der Waals surface area (Å²) in [6.45, 7) is 4.62. The number of amides is 1. The molecule has 3 rings (SSSR count). The Balaban J connectivity index is 1.81. The molecule has 1 N–H and O–H groups in total. The fraction of sp³-hybridized carbons (Fsp3) is 0.350. The average molecular weight is 424 g/mol. The summed E-state index contributed by atoms with van der Waals surface area (Å²) in [4.78, 5) is 12.5. The van der Waals surface area contributed by atoms with Gasteiger partial charge in [-0.15, -0.1) is 0 Å². The Morgan fingerprint density at radius 2 is 2.07 bits per heavy atom. The topological polar surface area (TPSA) is 81.7 Å². The van der Waals surface area contributed by atoms with E-state index in [2.05, 4.69) is 5.32 Å². The SMILES string of the molecule is CCOc1cc2c(cc1CNC(=O)c1ccc(Cl)c(S(C)(=O)=O)c1)O[C@@H](C)C2. The molecule has 1 amide bonds. The fourth-order valence-electron chi connectivity index (χ4n) is 3.12. The van der Waals surface area contributed by atoms with Gasteiger partial charge in [0.1, 0.15) is 17.6 Å². The van der Waals surface area contributed by atoms with Crippen molar-refractivity contribution in [1.82, 2.24) is 5.32 Å². The number of benzene rings is 2. The predicted molar refractivity (Wildman–Crippen MR) is 107 cm³/mol. The number of rotatable bonds is 6. The molecular weight excluding hydrogens is 402 g/mol. The van der Waals surface area contributed by atoms with Crippen molar-refractivity contribution in [3.63, 3.8) is 0 Å². The maximum absolute atomic E-state index is 12.5. The van der Waals surface area contributed by atoms with Crippen molar-refractivity contribution in [1.29, 1.82) is 0 Å². The van der Waals surface area contributed by atoms with Crippen molar-refractivity contribution in [3.8, 4) is 11.5 Å². The molecule has 0 spiro atoms. The van der Waals surface area contributed by atoms with Crippen LogP contribution in [0.2, 0.25) is 5.02 Å². The van der Waals surface area contributed by atoms with Crippen LogP contribution in [0.5, 0.6) is 11.5 Å². The lowest BCUT2D eigenvalue weighted by Crippen LogP contribution is -2.23. The number of halogens is 1. The van der Waals surface area contributed by atoms with E-state index >= 15 is 0 Å². The number of carbonyl (C=O) groups is 1. The van der Waals surface area contributed by atoms with Gasteiger partial charge in [0.2, 0.25) is 0 Å². The number of fused-ring (bicyclic) bond motifs is 1. The summed E-state index contributed by atoms with van der Waals surface area (Å²) in [5.74, 6) is 1.09. The lowest BCUT2D eigenvalue weighted by Gasteiger charge is -2.14. The average Bonchev–Trinajstić information content (AvgIpc) is 2.98. The minimum absolute atomic E-state index is 0.0725. The number of sulfone groups is 1. The van der Waals surface area contributed by atoms with E-state index in [4.69, 9.17) is 21.1 Å². The third-order valence-corrected chi connectivity index (χ3v) is 5.99.